The molecule has 1 aromatic rings. The van der Waals surface area contributed by atoms with Crippen molar-refractivity contribution in [2.24, 2.45) is 0 Å². The van der Waals surface area contributed by atoms with Crippen molar-refractivity contribution in [3.8, 4) is 11.5 Å². The summed E-state index contributed by atoms with van der Waals surface area (Å²) in [6.45, 7) is 6.10. The van der Waals surface area contributed by atoms with Gasteiger partial charge in [-0.1, -0.05) is 13.3 Å². The van der Waals surface area contributed by atoms with Gasteiger partial charge in [-0.2, -0.15) is 0 Å². The van der Waals surface area contributed by atoms with Gasteiger partial charge in [0.25, 0.3) is 0 Å². The second kappa shape index (κ2) is 7.31. The lowest BCUT2D eigenvalue weighted by Gasteiger charge is -2.24. The number of unbranched alkanes of at least 4 members (excludes halogenated alkanes) is 1. The second-order valence-electron chi connectivity index (χ2n) is 5.36. The number of benzene rings is 1. The van der Waals surface area contributed by atoms with Crippen LogP contribution in [-0.2, 0) is 4.79 Å². The van der Waals surface area contributed by atoms with Gasteiger partial charge in [0.1, 0.15) is 13.2 Å². The van der Waals surface area contributed by atoms with Crippen LogP contribution in [0.2, 0.25) is 0 Å². The summed E-state index contributed by atoms with van der Waals surface area (Å²) in [6.07, 6.45) is 2.22. The average molecular weight is 292 g/mol. The van der Waals surface area contributed by atoms with Gasteiger partial charge in [0.2, 0.25) is 5.91 Å². The number of hydrogen-bond donors (Lipinski definition) is 1. The SMILES string of the molecule is CCCCN(C)C(C)C(=O)Nc1ccc2c(c1)OCCO2. The van der Waals surface area contributed by atoms with Crippen LogP contribution in [0.4, 0.5) is 5.69 Å². The number of likely N-dealkylation sites (N-methyl/N-ethyl adjacent to an activating group) is 1. The average Bonchev–Trinajstić information content (AvgIpc) is 2.51. The standard InChI is InChI=1S/C16H24N2O3/c1-4-5-8-18(3)12(2)16(19)17-13-6-7-14-15(11-13)21-10-9-20-14/h6-7,11-12H,4-5,8-10H2,1-3H3,(H,17,19). The molecule has 5 nitrogen and oxygen atoms in total. The minimum atomic E-state index is -0.162. The van der Waals surface area contributed by atoms with Crippen molar-refractivity contribution in [1.29, 1.82) is 0 Å². The second-order valence-corrected chi connectivity index (χ2v) is 5.36. The Kier molecular flexibility index (Phi) is 5.44. The molecule has 0 saturated carbocycles. The lowest BCUT2D eigenvalue weighted by molar-refractivity contribution is -0.120. The molecular formula is C16H24N2O3. The number of ether oxygens (including phenoxy) is 2. The summed E-state index contributed by atoms with van der Waals surface area (Å²) < 4.78 is 11.0. The highest BCUT2D eigenvalue weighted by atomic mass is 16.6. The lowest BCUT2D eigenvalue weighted by atomic mass is 10.2. The first kappa shape index (κ1) is 15.6. The fourth-order valence-electron chi connectivity index (χ4n) is 2.17. The molecule has 116 valence electrons. The summed E-state index contributed by atoms with van der Waals surface area (Å²) >= 11 is 0. The van der Waals surface area contributed by atoms with E-state index in [0.29, 0.717) is 19.0 Å². The van der Waals surface area contributed by atoms with Crippen molar-refractivity contribution in [1.82, 2.24) is 4.90 Å². The van der Waals surface area contributed by atoms with Crippen molar-refractivity contribution in [2.75, 3.05) is 32.1 Å². The van der Waals surface area contributed by atoms with Crippen molar-refractivity contribution in [3.63, 3.8) is 0 Å². The van der Waals surface area contributed by atoms with E-state index in [2.05, 4.69) is 17.1 Å². The van der Waals surface area contributed by atoms with Crippen LogP contribution in [0, 0.1) is 0 Å². The molecule has 0 saturated heterocycles. The molecule has 1 unspecified atom stereocenters. The summed E-state index contributed by atoms with van der Waals surface area (Å²) in [5.41, 5.74) is 0.736. The first-order valence-corrected chi connectivity index (χ1v) is 7.52. The smallest absolute Gasteiger partial charge is 0.241 e. The van der Waals surface area contributed by atoms with Crippen molar-refractivity contribution in [3.05, 3.63) is 18.2 Å². The quantitative estimate of drug-likeness (QED) is 0.875. The molecule has 1 N–H and O–H groups in total. The fourth-order valence-corrected chi connectivity index (χ4v) is 2.17. The number of hydrogen-bond acceptors (Lipinski definition) is 4. The van der Waals surface area contributed by atoms with E-state index in [1.54, 1.807) is 0 Å². The van der Waals surface area contributed by atoms with Crippen LogP contribution in [0.25, 0.3) is 0 Å². The minimum Gasteiger partial charge on any atom is -0.486 e. The third-order valence-electron chi connectivity index (χ3n) is 3.71. The van der Waals surface area contributed by atoms with E-state index in [1.807, 2.05) is 32.2 Å². The van der Waals surface area contributed by atoms with Crippen molar-refractivity contribution >= 4 is 11.6 Å². The van der Waals surface area contributed by atoms with Gasteiger partial charge >= 0.3 is 0 Å². The number of nitrogens with one attached hydrogen (secondary N) is 1. The molecule has 0 fully saturated rings. The van der Waals surface area contributed by atoms with Crippen LogP contribution in [0.3, 0.4) is 0 Å². The van der Waals surface area contributed by atoms with Gasteiger partial charge in [0.15, 0.2) is 11.5 Å². The highest BCUT2D eigenvalue weighted by Crippen LogP contribution is 2.32. The van der Waals surface area contributed by atoms with Crippen LogP contribution < -0.4 is 14.8 Å². The van der Waals surface area contributed by atoms with Gasteiger partial charge in [-0.15, -0.1) is 0 Å². The van der Waals surface area contributed by atoms with E-state index in [9.17, 15) is 4.79 Å². The number of anilines is 1. The molecule has 1 aliphatic heterocycles. The minimum absolute atomic E-state index is 0.00900. The molecule has 1 amide bonds. The maximum atomic E-state index is 12.3. The molecule has 0 radical (unpaired) electrons. The molecule has 1 atom stereocenters. The lowest BCUT2D eigenvalue weighted by Crippen LogP contribution is -2.40. The number of carbonyl (C=O) groups excluding carboxylic acids is 1. The predicted octanol–water partition coefficient (Wildman–Crippen LogP) is 2.52. The zero-order valence-corrected chi connectivity index (χ0v) is 13.0. The predicted molar refractivity (Wildman–Crippen MR) is 83.1 cm³/mol. The topological polar surface area (TPSA) is 50.8 Å². The first-order chi connectivity index (χ1) is 10.1. The summed E-state index contributed by atoms with van der Waals surface area (Å²) in [7, 11) is 1.98. The molecule has 0 aliphatic carbocycles. The van der Waals surface area contributed by atoms with Gasteiger partial charge in [-0.25, -0.2) is 0 Å². The van der Waals surface area contributed by atoms with E-state index >= 15 is 0 Å². The van der Waals surface area contributed by atoms with E-state index in [0.717, 1.165) is 30.8 Å². The molecule has 0 spiro atoms. The van der Waals surface area contributed by atoms with Gasteiger partial charge in [0.05, 0.1) is 6.04 Å². The zero-order chi connectivity index (χ0) is 15.2. The number of nitrogens with zero attached hydrogens (tertiary/aromatic N) is 1. The monoisotopic (exact) mass is 292 g/mol. The summed E-state index contributed by atoms with van der Waals surface area (Å²) in [4.78, 5) is 14.3. The maximum Gasteiger partial charge on any atom is 0.241 e. The van der Waals surface area contributed by atoms with E-state index < -0.39 is 0 Å². The Labute approximate surface area is 126 Å². The zero-order valence-electron chi connectivity index (χ0n) is 13.0. The van der Waals surface area contributed by atoms with Crippen LogP contribution in [0.5, 0.6) is 11.5 Å². The number of carbonyl (C=O) groups is 1. The third-order valence-corrected chi connectivity index (χ3v) is 3.71. The third kappa shape index (κ3) is 4.11. The van der Waals surface area contributed by atoms with Crippen LogP contribution in [0.1, 0.15) is 26.7 Å². The van der Waals surface area contributed by atoms with E-state index in [4.69, 9.17) is 9.47 Å². The van der Waals surface area contributed by atoms with E-state index in [1.165, 1.54) is 0 Å². The molecule has 1 heterocycles. The number of fused-ring (bicyclic) bond motifs is 1. The molecule has 0 bridgehead atoms. The Hall–Kier alpha value is -1.75. The summed E-state index contributed by atoms with van der Waals surface area (Å²) in [6, 6.07) is 5.31. The molecule has 2 rings (SSSR count). The maximum absolute atomic E-state index is 12.3. The van der Waals surface area contributed by atoms with E-state index in [-0.39, 0.29) is 11.9 Å². The van der Waals surface area contributed by atoms with Gasteiger partial charge in [0, 0.05) is 11.8 Å². The Morgan fingerprint density at radius 3 is 2.76 bits per heavy atom. The Balaban J connectivity index is 1.95. The normalized spacial score (nSPS) is 14.9. The largest absolute Gasteiger partial charge is 0.486 e. The Bertz CT molecular complexity index is 490. The van der Waals surface area contributed by atoms with Gasteiger partial charge < -0.3 is 14.8 Å². The summed E-state index contributed by atoms with van der Waals surface area (Å²) in [5.74, 6) is 1.41. The van der Waals surface area contributed by atoms with Gasteiger partial charge in [-0.05, 0) is 39.1 Å². The van der Waals surface area contributed by atoms with Crippen molar-refractivity contribution in [2.45, 2.75) is 32.7 Å². The summed E-state index contributed by atoms with van der Waals surface area (Å²) in [5, 5.41) is 2.93. The molecule has 1 aromatic carbocycles. The van der Waals surface area contributed by atoms with Crippen molar-refractivity contribution < 1.29 is 14.3 Å². The van der Waals surface area contributed by atoms with Crippen LogP contribution in [-0.4, -0.2) is 43.7 Å². The first-order valence-electron chi connectivity index (χ1n) is 7.52. The van der Waals surface area contributed by atoms with Gasteiger partial charge in [-0.3, -0.25) is 9.69 Å². The molecule has 0 aromatic heterocycles. The highest BCUT2D eigenvalue weighted by Gasteiger charge is 2.19. The molecule has 21 heavy (non-hydrogen) atoms. The fraction of sp³-hybridized carbons (Fsp3) is 0.562. The van der Waals surface area contributed by atoms with Crippen LogP contribution >= 0.6 is 0 Å². The highest BCUT2D eigenvalue weighted by molar-refractivity contribution is 5.94. The molecule has 1 aliphatic rings. The Morgan fingerprint density at radius 1 is 1.33 bits per heavy atom. The Morgan fingerprint density at radius 2 is 2.05 bits per heavy atom. The van der Waals surface area contributed by atoms with Crippen LogP contribution in [0.15, 0.2) is 18.2 Å². The molecule has 5 heteroatoms. The number of amides is 1. The number of rotatable bonds is 6. The molecular weight excluding hydrogens is 268 g/mol.